The molecule has 0 saturated carbocycles. The molecule has 0 heterocycles. The number of benzene rings is 4. The van der Waals surface area contributed by atoms with Crippen LogP contribution in [0.2, 0.25) is 0 Å². The third-order valence-electron chi connectivity index (χ3n) is 3.65. The molecule has 75 heavy (non-hydrogen) atoms. The molecule has 5 rings (SSSR count). The zero-order chi connectivity index (χ0) is 62.8. The van der Waals surface area contributed by atoms with Crippen LogP contribution in [0.4, 0.5) is 0 Å². The normalized spacial score (nSPS) is 10.5. The van der Waals surface area contributed by atoms with Crippen molar-refractivity contribution in [2.24, 2.45) is 43.3 Å². The Balaban J connectivity index is -0.0000000659. The molecule has 0 radical (unpaired) electrons. The Bertz CT molecular complexity index is 1240. The molecule has 0 bridgehead atoms. The van der Waals surface area contributed by atoms with Gasteiger partial charge in [0.15, 0.2) is 0 Å². The average molecular weight is 1050 g/mol. The van der Waals surface area contributed by atoms with E-state index in [0.717, 1.165) is 6.42 Å². The van der Waals surface area contributed by atoms with Gasteiger partial charge in [-0.25, -0.2) is 0 Å². The fraction of sp³-hybridized carbons (Fsp3) is 0.653. The smallest absolute Gasteiger partial charge is 0.0163 e. The summed E-state index contributed by atoms with van der Waals surface area (Å²) in [6.07, 6.45) is 9.50. The highest BCUT2D eigenvalue weighted by Crippen LogP contribution is 2.13. The molecule has 1 aliphatic carbocycles. The lowest BCUT2D eigenvalue weighted by Gasteiger charge is -2.05. The first-order chi connectivity index (χ1) is 33.5. The van der Waals surface area contributed by atoms with E-state index in [0.29, 0.717) is 43.3 Å². The van der Waals surface area contributed by atoms with Gasteiger partial charge in [-0.05, 0) is 60.5 Å². The molecule has 1 aliphatic rings. The van der Waals surface area contributed by atoms with E-state index in [1.807, 2.05) is 128 Å². The van der Waals surface area contributed by atoms with Crippen molar-refractivity contribution in [1.82, 2.24) is 0 Å². The molecule has 0 aliphatic heterocycles. The monoisotopic (exact) mass is 1050 g/mol. The number of allylic oxidation sites excluding steroid dienone is 4. The Morgan fingerprint density at radius 1 is 0.187 bits per heavy atom. The van der Waals surface area contributed by atoms with Crippen molar-refractivity contribution in [3.8, 4) is 0 Å². The molecule has 0 saturated heterocycles. The highest BCUT2D eigenvalue weighted by atomic mass is 14.0. The first-order valence-corrected chi connectivity index (χ1v) is 29.2. The lowest BCUT2D eigenvalue weighted by Crippen LogP contribution is -1.93. The summed E-state index contributed by atoms with van der Waals surface area (Å²) in [6, 6.07) is 40.7. The molecule has 0 heteroatoms. The third kappa shape index (κ3) is 333. The minimum Gasteiger partial charge on any atom is -0.0808 e. The van der Waals surface area contributed by atoms with Crippen LogP contribution in [0.25, 0.3) is 10.8 Å². The van der Waals surface area contributed by atoms with Crippen LogP contribution in [0.15, 0.2) is 146 Å². The van der Waals surface area contributed by atoms with Crippen molar-refractivity contribution in [3.63, 3.8) is 0 Å². The Hall–Kier alpha value is -3.38. The van der Waals surface area contributed by atoms with Crippen LogP contribution in [-0.2, 0) is 0 Å². The number of fused-ring (bicyclic) bond motifs is 1. The van der Waals surface area contributed by atoms with Gasteiger partial charge in [-0.3, -0.25) is 0 Å². The van der Waals surface area contributed by atoms with Gasteiger partial charge >= 0.3 is 0 Å². The molecule has 0 spiro atoms. The van der Waals surface area contributed by atoms with Crippen LogP contribution >= 0.6 is 0 Å². The highest BCUT2D eigenvalue weighted by Gasteiger charge is 1.99. The van der Waals surface area contributed by atoms with Gasteiger partial charge in [0, 0.05) is 0 Å². The van der Waals surface area contributed by atoms with Gasteiger partial charge in [0.2, 0.25) is 0 Å². The number of rotatable bonds is 0. The molecule has 0 aromatic heterocycles. The third-order valence-corrected chi connectivity index (χ3v) is 3.65. The van der Waals surface area contributed by atoms with E-state index < -0.39 is 0 Å². The SMILES string of the molecule is C1=CCC=C1.CC.CC.CC.CC.CC(C)(C)C.CC(C)(C)C.CC(C)(C)C.CC(C)(C)C.CC(C)(C)C.CC(C)(C)C.CC(C)(C)C.CC(C)(C)C.c1ccc2ccccc2c1.c1ccccc1.c1ccccc1. The zero-order valence-electron chi connectivity index (χ0n) is 59.6. The van der Waals surface area contributed by atoms with Crippen molar-refractivity contribution in [1.29, 1.82) is 0 Å². The van der Waals surface area contributed by atoms with Gasteiger partial charge in [0.1, 0.15) is 0 Å². The summed E-state index contributed by atoms with van der Waals surface area (Å²) < 4.78 is 0. The molecule has 0 N–H and O–H groups in total. The van der Waals surface area contributed by atoms with E-state index >= 15 is 0 Å². The topological polar surface area (TPSA) is 0 Å². The summed E-state index contributed by atoms with van der Waals surface area (Å²) >= 11 is 0. The van der Waals surface area contributed by atoms with E-state index in [1.54, 1.807) is 0 Å². The second kappa shape index (κ2) is 59.9. The van der Waals surface area contributed by atoms with E-state index in [-0.39, 0.29) is 0 Å². The van der Waals surface area contributed by atoms with E-state index in [9.17, 15) is 0 Å². The molecule has 0 amide bonds. The first kappa shape index (κ1) is 97.2. The molecule has 0 atom stereocenters. The second-order valence-electron chi connectivity index (χ2n) is 29.7. The zero-order valence-corrected chi connectivity index (χ0v) is 59.6. The summed E-state index contributed by atoms with van der Waals surface area (Å²) in [5.74, 6) is 0. The minimum atomic E-state index is 0.500. The fourth-order valence-electron chi connectivity index (χ4n) is 2.30. The van der Waals surface area contributed by atoms with Crippen LogP contribution in [0, 0.1) is 43.3 Å². The van der Waals surface area contributed by atoms with Gasteiger partial charge in [-0.2, -0.15) is 0 Å². The molecule has 4 aromatic carbocycles. The largest absolute Gasteiger partial charge is 0.0808 e. The van der Waals surface area contributed by atoms with Gasteiger partial charge in [0.25, 0.3) is 0 Å². The molecular formula is C75H146. The first-order valence-electron chi connectivity index (χ1n) is 29.2. The summed E-state index contributed by atoms with van der Waals surface area (Å²) in [4.78, 5) is 0. The standard InChI is InChI=1S/C10H8.2C6H6.C5H6.8C5H12.4C2H6/c1-2-6-10-8-4-3-7-9(10)5-1;2*1-2-4-6-5-3-1;1-2-4-5-3-1;8*1-5(2,3)4;4*1-2/h1-8H;2*1-6H;1-4H,5H2;8*1-4H3;4*1-2H3. The van der Waals surface area contributed by atoms with Crippen LogP contribution in [0.1, 0.15) is 283 Å². The molecular weight excluding hydrogens is 901 g/mol. The van der Waals surface area contributed by atoms with Crippen LogP contribution in [-0.4, -0.2) is 0 Å². The van der Waals surface area contributed by atoms with Crippen LogP contribution < -0.4 is 0 Å². The summed E-state index contributed by atoms with van der Waals surface area (Å²) in [6.45, 7) is 86.0. The van der Waals surface area contributed by atoms with Gasteiger partial charge in [-0.15, -0.1) is 0 Å². The highest BCUT2D eigenvalue weighted by molar-refractivity contribution is 5.82. The van der Waals surface area contributed by atoms with Crippen molar-refractivity contribution in [2.75, 3.05) is 0 Å². The molecule has 0 nitrogen and oxygen atoms in total. The van der Waals surface area contributed by atoms with E-state index in [1.165, 1.54) is 10.8 Å². The van der Waals surface area contributed by atoms with Crippen molar-refractivity contribution in [2.45, 2.75) is 283 Å². The lowest BCUT2D eigenvalue weighted by atomic mass is 10.0. The quantitative estimate of drug-likeness (QED) is 0.165. The maximum Gasteiger partial charge on any atom is -0.0163 e. The predicted molar refractivity (Wildman–Crippen MR) is 366 cm³/mol. The Kier molecular flexibility index (Phi) is 77.6. The summed E-state index contributed by atoms with van der Waals surface area (Å²) in [7, 11) is 0. The Morgan fingerprint density at radius 2 is 0.280 bits per heavy atom. The van der Waals surface area contributed by atoms with Crippen LogP contribution in [0.3, 0.4) is 0 Å². The fourth-order valence-corrected chi connectivity index (χ4v) is 2.30. The molecule has 0 fully saturated rings. The average Bonchev–Trinajstić information content (AvgIpc) is 3.82. The van der Waals surface area contributed by atoms with Crippen molar-refractivity contribution >= 4 is 10.8 Å². The number of hydrogen-bond donors (Lipinski definition) is 0. The Morgan fingerprint density at radius 3 is 0.347 bits per heavy atom. The Labute approximate surface area is 480 Å². The maximum absolute atomic E-state index is 2.19. The van der Waals surface area contributed by atoms with E-state index in [2.05, 4.69) is 294 Å². The molecule has 446 valence electrons. The molecule has 4 aromatic rings. The van der Waals surface area contributed by atoms with Crippen molar-refractivity contribution in [3.05, 3.63) is 146 Å². The lowest BCUT2D eigenvalue weighted by molar-refractivity contribution is 0.469. The van der Waals surface area contributed by atoms with Crippen LogP contribution in [0.5, 0.6) is 0 Å². The van der Waals surface area contributed by atoms with Gasteiger partial charge in [0.05, 0.1) is 0 Å². The molecule has 0 unspecified atom stereocenters. The second-order valence-corrected chi connectivity index (χ2v) is 29.7. The number of hydrogen-bond acceptors (Lipinski definition) is 0. The maximum atomic E-state index is 2.19. The summed E-state index contributed by atoms with van der Waals surface area (Å²) in [5.41, 5.74) is 4.00. The van der Waals surface area contributed by atoms with Crippen molar-refractivity contribution < 1.29 is 0 Å². The van der Waals surface area contributed by atoms with Gasteiger partial charge in [-0.1, -0.05) is 423 Å². The van der Waals surface area contributed by atoms with Gasteiger partial charge < -0.3 is 0 Å². The summed E-state index contributed by atoms with van der Waals surface area (Å²) in [5, 5.41) is 2.62. The predicted octanol–water partition coefficient (Wildman–Crippen LogP) is 28.2. The minimum absolute atomic E-state index is 0.500. The van der Waals surface area contributed by atoms with E-state index in [4.69, 9.17) is 0 Å².